The summed E-state index contributed by atoms with van der Waals surface area (Å²) in [5.41, 5.74) is 2.37. The van der Waals surface area contributed by atoms with Crippen molar-refractivity contribution in [2.24, 2.45) is 0 Å². The van der Waals surface area contributed by atoms with Gasteiger partial charge < -0.3 is 10.4 Å². The number of rotatable bonds is 8. The molecule has 0 unspecified atom stereocenters. The summed E-state index contributed by atoms with van der Waals surface area (Å²) in [4.78, 5) is 10.2. The number of carboxylic acid groups (broad SMARTS) is 1. The predicted octanol–water partition coefficient (Wildman–Crippen LogP) is 5.11. The summed E-state index contributed by atoms with van der Waals surface area (Å²) in [6.07, 6.45) is 6.91. The van der Waals surface area contributed by atoms with Gasteiger partial charge in [-0.2, -0.15) is 8.42 Å². The summed E-state index contributed by atoms with van der Waals surface area (Å²) in [6.45, 7) is 7.20. The molecule has 0 aromatic heterocycles. The molecule has 168 valence electrons. The van der Waals surface area contributed by atoms with E-state index in [0.29, 0.717) is 5.56 Å². The van der Waals surface area contributed by atoms with Crippen molar-refractivity contribution in [1.82, 2.24) is 5.32 Å². The van der Waals surface area contributed by atoms with Gasteiger partial charge in [-0.1, -0.05) is 68.0 Å². The minimum atomic E-state index is -4.02. The van der Waals surface area contributed by atoms with Crippen molar-refractivity contribution >= 4 is 16.1 Å². The fourth-order valence-electron chi connectivity index (χ4n) is 2.31. The molecule has 2 rings (SSSR count). The summed E-state index contributed by atoms with van der Waals surface area (Å²) >= 11 is 0. The van der Waals surface area contributed by atoms with Gasteiger partial charge in [0.15, 0.2) is 0 Å². The van der Waals surface area contributed by atoms with Crippen LogP contribution < -0.4 is 5.32 Å². The van der Waals surface area contributed by atoms with Crippen molar-refractivity contribution in [1.29, 1.82) is 0 Å². The van der Waals surface area contributed by atoms with Crippen LogP contribution in [0.2, 0.25) is 0 Å². The number of unbranched alkanes of at least 4 members (excludes halogenated alkanes) is 4. The number of carboxylic acids is 1. The first kappa shape index (κ1) is 27.8. The molecule has 0 aliphatic carbocycles. The van der Waals surface area contributed by atoms with Gasteiger partial charge in [-0.05, 0) is 58.1 Å². The molecule has 2 aromatic carbocycles. The number of aromatic carboxylic acids is 1. The van der Waals surface area contributed by atoms with Crippen molar-refractivity contribution in [3.63, 3.8) is 0 Å². The number of hydrogen-bond donors (Lipinski definition) is 3. The summed E-state index contributed by atoms with van der Waals surface area (Å²) in [5, 5.41) is 11.6. The van der Waals surface area contributed by atoms with Crippen LogP contribution in [0.1, 0.15) is 60.5 Å². The van der Waals surface area contributed by atoms with Crippen LogP contribution in [0.25, 0.3) is 0 Å². The number of aryl methyl sites for hydroxylation is 2. The molecule has 7 heteroatoms. The van der Waals surface area contributed by atoms with E-state index in [2.05, 4.69) is 12.2 Å². The molecule has 0 saturated heterocycles. The van der Waals surface area contributed by atoms with E-state index in [1.54, 1.807) is 36.4 Å². The highest BCUT2D eigenvalue weighted by Crippen LogP contribution is 2.08. The fourth-order valence-corrected chi connectivity index (χ4v) is 2.79. The van der Waals surface area contributed by atoms with Gasteiger partial charge in [-0.25, -0.2) is 4.79 Å². The molecule has 0 radical (unpaired) electrons. The second kappa shape index (κ2) is 15.6. The Morgan fingerprint density at radius 3 is 1.73 bits per heavy atom. The van der Waals surface area contributed by atoms with Crippen molar-refractivity contribution in [3.05, 3.63) is 65.2 Å². The molecule has 0 amide bonds. The van der Waals surface area contributed by atoms with Crippen LogP contribution in [0.15, 0.2) is 53.4 Å². The average Bonchev–Trinajstić information content (AvgIpc) is 2.69. The molecule has 3 N–H and O–H groups in total. The largest absolute Gasteiger partial charge is 0.478 e. The molecule has 0 spiro atoms. The molecule has 0 aliphatic heterocycles. The monoisotopic (exact) mass is 437 g/mol. The number of nitrogens with one attached hydrogen (secondary N) is 1. The Balaban J connectivity index is 0.000000423. The van der Waals surface area contributed by atoms with Gasteiger partial charge in [-0.15, -0.1) is 0 Å². The molecule has 0 fully saturated rings. The highest BCUT2D eigenvalue weighted by molar-refractivity contribution is 7.85. The zero-order valence-corrected chi connectivity index (χ0v) is 19.2. The maximum absolute atomic E-state index is 10.5. The second-order valence-electron chi connectivity index (χ2n) is 6.98. The molecule has 2 aromatic rings. The highest BCUT2D eigenvalue weighted by atomic mass is 32.2. The maximum Gasteiger partial charge on any atom is 0.335 e. The minimum Gasteiger partial charge on any atom is -0.478 e. The predicted molar refractivity (Wildman–Crippen MR) is 122 cm³/mol. The smallest absolute Gasteiger partial charge is 0.335 e. The van der Waals surface area contributed by atoms with Crippen LogP contribution in [-0.4, -0.2) is 37.6 Å². The Labute approximate surface area is 181 Å². The lowest BCUT2D eigenvalue weighted by Crippen LogP contribution is -2.06. The molecule has 0 aliphatic rings. The van der Waals surface area contributed by atoms with Crippen LogP contribution in [0.3, 0.4) is 0 Å². The van der Waals surface area contributed by atoms with Crippen LogP contribution in [-0.2, 0) is 10.1 Å². The average molecular weight is 438 g/mol. The SMILES string of the molecule is CCCCCCCNC.Cc1ccc(C(=O)O)cc1.Cc1ccc(S(=O)(=O)O)cc1. The Morgan fingerprint density at radius 2 is 1.33 bits per heavy atom. The third kappa shape index (κ3) is 13.9. The van der Waals surface area contributed by atoms with Crippen molar-refractivity contribution in [2.75, 3.05) is 13.6 Å². The topological polar surface area (TPSA) is 104 Å². The Kier molecular flexibility index (Phi) is 14.4. The Hall–Kier alpha value is -2.22. The first-order valence-corrected chi connectivity index (χ1v) is 11.5. The van der Waals surface area contributed by atoms with E-state index < -0.39 is 16.1 Å². The molecule has 30 heavy (non-hydrogen) atoms. The number of benzene rings is 2. The Bertz CT molecular complexity index is 810. The van der Waals surface area contributed by atoms with Gasteiger partial charge in [-0.3, -0.25) is 4.55 Å². The van der Waals surface area contributed by atoms with Gasteiger partial charge in [0.1, 0.15) is 0 Å². The molecule has 0 saturated carbocycles. The molecular weight excluding hydrogens is 402 g/mol. The van der Waals surface area contributed by atoms with Gasteiger partial charge in [0, 0.05) is 0 Å². The van der Waals surface area contributed by atoms with Crippen LogP contribution in [0.4, 0.5) is 0 Å². The lowest BCUT2D eigenvalue weighted by Gasteiger charge is -1.97. The van der Waals surface area contributed by atoms with Crippen molar-refractivity contribution in [3.8, 4) is 0 Å². The highest BCUT2D eigenvalue weighted by Gasteiger charge is 2.06. The van der Waals surface area contributed by atoms with Gasteiger partial charge in [0.2, 0.25) is 0 Å². The minimum absolute atomic E-state index is 0.0666. The number of hydrogen-bond acceptors (Lipinski definition) is 4. The van der Waals surface area contributed by atoms with Crippen molar-refractivity contribution in [2.45, 2.75) is 57.8 Å². The third-order valence-corrected chi connectivity index (χ3v) is 5.02. The van der Waals surface area contributed by atoms with Crippen molar-refractivity contribution < 1.29 is 22.9 Å². The summed E-state index contributed by atoms with van der Waals surface area (Å²) < 4.78 is 29.6. The van der Waals surface area contributed by atoms with E-state index in [1.165, 1.54) is 50.8 Å². The van der Waals surface area contributed by atoms with E-state index in [-0.39, 0.29) is 4.90 Å². The molecular formula is C23H35NO5S. The zero-order chi connectivity index (χ0) is 23.0. The van der Waals surface area contributed by atoms with Crippen LogP contribution >= 0.6 is 0 Å². The lowest BCUT2D eigenvalue weighted by molar-refractivity contribution is 0.0697. The maximum atomic E-state index is 10.5. The number of carbonyl (C=O) groups is 1. The normalized spacial score (nSPS) is 10.3. The van der Waals surface area contributed by atoms with Crippen LogP contribution in [0.5, 0.6) is 0 Å². The summed E-state index contributed by atoms with van der Waals surface area (Å²) in [6, 6.07) is 12.7. The van der Waals surface area contributed by atoms with Gasteiger partial charge in [0.25, 0.3) is 10.1 Å². The third-order valence-electron chi connectivity index (χ3n) is 4.15. The first-order valence-electron chi connectivity index (χ1n) is 10.1. The van der Waals surface area contributed by atoms with E-state index >= 15 is 0 Å². The molecule has 0 atom stereocenters. The van der Waals surface area contributed by atoms with E-state index in [0.717, 1.165) is 11.1 Å². The quantitative estimate of drug-likeness (QED) is 0.392. The van der Waals surface area contributed by atoms with Gasteiger partial charge >= 0.3 is 5.97 Å². The summed E-state index contributed by atoms with van der Waals surface area (Å²) in [5.74, 6) is -0.875. The molecule has 0 bridgehead atoms. The second-order valence-corrected chi connectivity index (χ2v) is 8.40. The first-order chi connectivity index (χ1) is 14.1. The van der Waals surface area contributed by atoms with E-state index in [1.807, 2.05) is 20.9 Å². The lowest BCUT2D eigenvalue weighted by atomic mass is 10.1. The fraction of sp³-hybridized carbons (Fsp3) is 0.435. The summed E-state index contributed by atoms with van der Waals surface area (Å²) in [7, 11) is -2.01. The van der Waals surface area contributed by atoms with Crippen LogP contribution in [0, 0.1) is 13.8 Å². The van der Waals surface area contributed by atoms with Gasteiger partial charge in [0.05, 0.1) is 10.5 Å². The van der Waals surface area contributed by atoms with E-state index in [9.17, 15) is 13.2 Å². The Morgan fingerprint density at radius 1 is 0.867 bits per heavy atom. The zero-order valence-electron chi connectivity index (χ0n) is 18.4. The molecule has 6 nitrogen and oxygen atoms in total. The van der Waals surface area contributed by atoms with E-state index in [4.69, 9.17) is 9.66 Å². The molecule has 0 heterocycles. The standard InChI is InChI=1S/C8H19N.C8H8O2.C7H8O3S/c1-3-4-5-6-7-8-9-2;1-6-2-4-7(5-3-6)8(9)10;1-6-2-4-7(5-3-6)11(8,9)10/h9H,3-8H2,1-2H3;2-5H,1H3,(H,9,10);2-5H,1H3,(H,8,9,10).